The number of halogens is 1. The van der Waals surface area contributed by atoms with Gasteiger partial charge in [-0.25, -0.2) is 4.39 Å². The van der Waals surface area contributed by atoms with Gasteiger partial charge in [0.25, 0.3) is 0 Å². The maximum Gasteiger partial charge on any atom is 0.223 e. The Morgan fingerprint density at radius 3 is 2.62 bits per heavy atom. The minimum absolute atomic E-state index is 0.129. The van der Waals surface area contributed by atoms with Crippen LogP contribution in [0.3, 0.4) is 0 Å². The van der Waals surface area contributed by atoms with Crippen LogP contribution in [0.25, 0.3) is 0 Å². The van der Waals surface area contributed by atoms with Crippen molar-refractivity contribution < 1.29 is 9.18 Å². The maximum atomic E-state index is 13.9. The van der Waals surface area contributed by atoms with Gasteiger partial charge in [-0.05, 0) is 54.6 Å². The first-order chi connectivity index (χ1) is 10.2. The summed E-state index contributed by atoms with van der Waals surface area (Å²) in [6.45, 7) is 0.610. The van der Waals surface area contributed by atoms with Crippen molar-refractivity contribution in [3.05, 3.63) is 35.1 Å². The number of carbonyl (C=O) groups excluding carboxylic acids is 1. The monoisotopic (exact) mass is 288 g/mol. The first-order valence-electron chi connectivity index (χ1n) is 7.94. The average molecular weight is 288 g/mol. The van der Waals surface area contributed by atoms with Gasteiger partial charge < -0.3 is 11.1 Å². The molecule has 3 nitrogen and oxygen atoms in total. The summed E-state index contributed by atoms with van der Waals surface area (Å²) < 4.78 is 13.9. The molecule has 21 heavy (non-hydrogen) atoms. The molecular weight excluding hydrogens is 267 g/mol. The van der Waals surface area contributed by atoms with Crippen molar-refractivity contribution in [2.75, 3.05) is 0 Å². The van der Waals surface area contributed by atoms with Crippen molar-refractivity contribution in [3.8, 4) is 0 Å². The Morgan fingerprint density at radius 1 is 1.29 bits per heavy atom. The molecule has 0 radical (unpaired) electrons. The van der Waals surface area contributed by atoms with E-state index in [1.54, 1.807) is 6.07 Å². The average Bonchev–Trinajstić information content (AvgIpc) is 2.93. The van der Waals surface area contributed by atoms with Gasteiger partial charge in [0, 0.05) is 24.6 Å². The van der Waals surface area contributed by atoms with Crippen LogP contribution >= 0.6 is 0 Å². The van der Waals surface area contributed by atoms with Crippen LogP contribution in [-0.4, -0.2) is 5.91 Å². The van der Waals surface area contributed by atoms with E-state index in [1.807, 2.05) is 6.07 Å². The van der Waals surface area contributed by atoms with Crippen LogP contribution in [0, 0.1) is 35.4 Å². The molecule has 3 N–H and O–H groups in total. The molecule has 0 aromatic heterocycles. The maximum absolute atomic E-state index is 13.9. The molecule has 112 valence electrons. The van der Waals surface area contributed by atoms with E-state index >= 15 is 0 Å². The summed E-state index contributed by atoms with van der Waals surface area (Å²) in [5.74, 6) is 2.90. The summed E-state index contributed by atoms with van der Waals surface area (Å²) in [7, 11) is 0. The Kier molecular flexibility index (Phi) is 3.03. The van der Waals surface area contributed by atoms with E-state index in [0.29, 0.717) is 23.9 Å². The van der Waals surface area contributed by atoms with Crippen LogP contribution in [0.5, 0.6) is 0 Å². The highest BCUT2D eigenvalue weighted by Crippen LogP contribution is 2.69. The molecule has 0 saturated heterocycles. The zero-order valence-electron chi connectivity index (χ0n) is 12.0. The summed E-state index contributed by atoms with van der Waals surface area (Å²) >= 11 is 0. The van der Waals surface area contributed by atoms with Crippen molar-refractivity contribution >= 4 is 5.91 Å². The lowest BCUT2D eigenvalue weighted by atomic mass is 10.0. The van der Waals surface area contributed by atoms with Crippen molar-refractivity contribution in [2.24, 2.45) is 35.3 Å². The third-order valence-electron chi connectivity index (χ3n) is 5.84. The number of nitrogens with two attached hydrogens (primary N) is 1. The second-order valence-corrected chi connectivity index (χ2v) is 6.86. The van der Waals surface area contributed by atoms with Gasteiger partial charge in [0.2, 0.25) is 5.91 Å². The Hall–Kier alpha value is -1.42. The molecule has 3 fully saturated rings. The fourth-order valence-electron chi connectivity index (χ4n) is 4.84. The number of rotatable bonds is 4. The zero-order valence-corrected chi connectivity index (χ0v) is 12.0. The van der Waals surface area contributed by atoms with Crippen molar-refractivity contribution in [2.45, 2.75) is 32.4 Å². The summed E-state index contributed by atoms with van der Waals surface area (Å²) in [5.41, 5.74) is 6.80. The first-order valence-corrected chi connectivity index (χ1v) is 7.94. The van der Waals surface area contributed by atoms with Gasteiger partial charge in [-0.15, -0.1) is 0 Å². The normalized spacial score (nSPS) is 35.6. The largest absolute Gasteiger partial charge is 0.352 e. The third kappa shape index (κ3) is 2.08. The van der Waals surface area contributed by atoms with Crippen molar-refractivity contribution in [1.82, 2.24) is 5.32 Å². The summed E-state index contributed by atoms with van der Waals surface area (Å²) in [6, 6.07) is 4.99. The van der Waals surface area contributed by atoms with Gasteiger partial charge in [0.05, 0.1) is 0 Å². The Bertz CT molecular complexity index is 572. The molecule has 1 aromatic rings. The van der Waals surface area contributed by atoms with Gasteiger partial charge in [-0.2, -0.15) is 0 Å². The Balaban J connectivity index is 1.36. The van der Waals surface area contributed by atoms with E-state index in [1.165, 1.54) is 25.3 Å². The number of nitrogens with one attached hydrogen (secondary N) is 1. The standard InChI is InChI=1S/C17H21FN2O/c18-13-5-9(7-19)1-2-12(13)8-20-17(21)16-14-10-3-4-11(6-10)15(14)16/h1-2,5,10-11,14-16H,3-4,6-8,19H2,(H,20,21). The number of carbonyl (C=O) groups is 1. The molecule has 4 rings (SSSR count). The lowest BCUT2D eigenvalue weighted by Gasteiger charge is -2.10. The Morgan fingerprint density at radius 2 is 2.00 bits per heavy atom. The summed E-state index contributed by atoms with van der Waals surface area (Å²) in [6.07, 6.45) is 3.96. The van der Waals surface area contributed by atoms with Gasteiger partial charge in [-0.1, -0.05) is 12.1 Å². The molecule has 3 aliphatic rings. The molecule has 0 heterocycles. The van der Waals surface area contributed by atoms with Gasteiger partial charge >= 0.3 is 0 Å². The number of hydrogen-bond acceptors (Lipinski definition) is 2. The van der Waals surface area contributed by atoms with E-state index in [9.17, 15) is 9.18 Å². The lowest BCUT2D eigenvalue weighted by Crippen LogP contribution is -2.27. The van der Waals surface area contributed by atoms with E-state index in [4.69, 9.17) is 5.73 Å². The second kappa shape index (κ2) is 4.80. The number of benzene rings is 1. The molecule has 1 amide bonds. The van der Waals surface area contributed by atoms with Crippen LogP contribution in [0.1, 0.15) is 30.4 Å². The second-order valence-electron chi connectivity index (χ2n) is 6.86. The molecule has 3 saturated carbocycles. The molecule has 4 heteroatoms. The van der Waals surface area contributed by atoms with Gasteiger partial charge in [0.15, 0.2) is 0 Å². The summed E-state index contributed by atoms with van der Waals surface area (Å²) in [4.78, 5) is 12.3. The SMILES string of the molecule is NCc1ccc(CNC(=O)C2C3C4CCC(C4)C23)c(F)c1. The molecule has 0 aliphatic heterocycles. The quantitative estimate of drug-likeness (QED) is 0.892. The zero-order chi connectivity index (χ0) is 14.6. The van der Waals surface area contributed by atoms with E-state index in [2.05, 4.69) is 5.32 Å². The predicted octanol–water partition coefficient (Wildman–Crippen LogP) is 2.19. The molecule has 1 aromatic carbocycles. The van der Waals surface area contributed by atoms with Crippen molar-refractivity contribution in [3.63, 3.8) is 0 Å². The van der Waals surface area contributed by atoms with Gasteiger partial charge in [0.1, 0.15) is 5.82 Å². The lowest BCUT2D eigenvalue weighted by molar-refractivity contribution is -0.123. The summed E-state index contributed by atoms with van der Waals surface area (Å²) in [5, 5.41) is 2.93. The minimum Gasteiger partial charge on any atom is -0.352 e. The molecular formula is C17H21FN2O. The van der Waals surface area contributed by atoms with Crippen molar-refractivity contribution in [1.29, 1.82) is 0 Å². The third-order valence-corrected chi connectivity index (χ3v) is 5.84. The highest BCUT2D eigenvalue weighted by Gasteiger charge is 2.67. The van der Waals surface area contributed by atoms with Crippen LogP contribution in [0.4, 0.5) is 4.39 Å². The van der Waals surface area contributed by atoms with Crippen LogP contribution in [0.2, 0.25) is 0 Å². The molecule has 4 unspecified atom stereocenters. The molecule has 4 atom stereocenters. The molecule has 2 bridgehead atoms. The van der Waals surface area contributed by atoms with Crippen LogP contribution in [0.15, 0.2) is 18.2 Å². The smallest absolute Gasteiger partial charge is 0.223 e. The van der Waals surface area contributed by atoms with Crippen LogP contribution in [-0.2, 0) is 17.9 Å². The first kappa shape index (κ1) is 13.3. The fraction of sp³-hybridized carbons (Fsp3) is 0.588. The Labute approximate surface area is 124 Å². The number of fused-ring (bicyclic) bond motifs is 5. The highest BCUT2D eigenvalue weighted by atomic mass is 19.1. The fourth-order valence-corrected chi connectivity index (χ4v) is 4.84. The van der Waals surface area contributed by atoms with E-state index < -0.39 is 0 Å². The van der Waals surface area contributed by atoms with E-state index in [0.717, 1.165) is 17.4 Å². The number of hydrogen-bond donors (Lipinski definition) is 2. The van der Waals surface area contributed by atoms with Gasteiger partial charge in [-0.3, -0.25) is 4.79 Å². The predicted molar refractivity (Wildman–Crippen MR) is 77.4 cm³/mol. The molecule has 0 spiro atoms. The minimum atomic E-state index is -0.283. The van der Waals surface area contributed by atoms with Crippen LogP contribution < -0.4 is 11.1 Å². The van der Waals surface area contributed by atoms with E-state index in [-0.39, 0.29) is 24.2 Å². The topological polar surface area (TPSA) is 55.1 Å². The highest BCUT2D eigenvalue weighted by molar-refractivity contribution is 5.82. The molecule has 3 aliphatic carbocycles. The number of amides is 1.